The lowest BCUT2D eigenvalue weighted by Gasteiger charge is -2.18. The van der Waals surface area contributed by atoms with E-state index in [-0.39, 0.29) is 11.9 Å². The number of hydrogen-bond donors (Lipinski definition) is 1. The maximum atomic E-state index is 12.5. The molecule has 2 aromatic heterocycles. The third kappa shape index (κ3) is 2.96. The summed E-state index contributed by atoms with van der Waals surface area (Å²) in [7, 11) is 1.63. The van der Waals surface area contributed by atoms with Gasteiger partial charge in [0.05, 0.1) is 19.3 Å². The Morgan fingerprint density at radius 1 is 1.27 bits per heavy atom. The number of anilines is 2. The van der Waals surface area contributed by atoms with Gasteiger partial charge in [-0.3, -0.25) is 4.79 Å². The minimum Gasteiger partial charge on any atom is -0.497 e. The molecule has 1 aromatic carbocycles. The van der Waals surface area contributed by atoms with Crippen LogP contribution in [-0.2, 0) is 11.2 Å². The first-order chi connectivity index (χ1) is 12.7. The summed E-state index contributed by atoms with van der Waals surface area (Å²) in [5.41, 5.74) is 2.69. The molecule has 3 aromatic rings. The highest BCUT2D eigenvalue weighted by Crippen LogP contribution is 2.26. The van der Waals surface area contributed by atoms with Gasteiger partial charge in [-0.05, 0) is 30.7 Å². The summed E-state index contributed by atoms with van der Waals surface area (Å²) in [5.74, 6) is 1.75. The van der Waals surface area contributed by atoms with Crippen LogP contribution in [0.4, 0.5) is 11.5 Å². The molecule has 0 saturated carbocycles. The molecule has 26 heavy (non-hydrogen) atoms. The molecule has 1 amide bonds. The van der Waals surface area contributed by atoms with Crippen LogP contribution >= 0.6 is 0 Å². The van der Waals surface area contributed by atoms with Crippen molar-refractivity contribution in [1.29, 1.82) is 0 Å². The van der Waals surface area contributed by atoms with Crippen LogP contribution in [-0.4, -0.2) is 40.2 Å². The average molecular weight is 351 g/mol. The number of carbonyl (C=O) groups is 1. The van der Waals surface area contributed by atoms with Crippen LogP contribution in [0.1, 0.15) is 19.0 Å². The quantitative estimate of drug-likeness (QED) is 0.765. The monoisotopic (exact) mass is 351 g/mol. The molecule has 7 nitrogen and oxygen atoms in total. The van der Waals surface area contributed by atoms with Crippen molar-refractivity contribution < 1.29 is 9.53 Å². The SMILES string of the molecule is CCc1cc(NC2CC(=O)N(c3ccc(OC)cc3)C2)n2nccc2n1. The van der Waals surface area contributed by atoms with E-state index >= 15 is 0 Å². The molecule has 1 saturated heterocycles. The first-order valence-electron chi connectivity index (χ1n) is 8.72. The summed E-state index contributed by atoms with van der Waals surface area (Å²) in [6.07, 6.45) is 3.02. The van der Waals surface area contributed by atoms with Gasteiger partial charge in [0.15, 0.2) is 5.65 Å². The van der Waals surface area contributed by atoms with Crippen LogP contribution in [0.5, 0.6) is 5.75 Å². The van der Waals surface area contributed by atoms with Gasteiger partial charge in [0.25, 0.3) is 0 Å². The molecule has 1 aliphatic heterocycles. The Bertz CT molecular complexity index is 935. The van der Waals surface area contributed by atoms with E-state index in [1.54, 1.807) is 22.7 Å². The molecule has 0 radical (unpaired) electrons. The molecule has 0 spiro atoms. The number of nitrogens with zero attached hydrogens (tertiary/aromatic N) is 4. The molecule has 4 rings (SSSR count). The van der Waals surface area contributed by atoms with Gasteiger partial charge in [-0.2, -0.15) is 9.61 Å². The zero-order valence-electron chi connectivity index (χ0n) is 14.8. The second-order valence-electron chi connectivity index (χ2n) is 6.34. The Morgan fingerprint density at radius 3 is 2.81 bits per heavy atom. The van der Waals surface area contributed by atoms with E-state index in [2.05, 4.69) is 22.3 Å². The number of benzene rings is 1. The van der Waals surface area contributed by atoms with Crippen molar-refractivity contribution in [2.75, 3.05) is 23.9 Å². The number of aromatic nitrogens is 3. The zero-order valence-corrected chi connectivity index (χ0v) is 14.8. The van der Waals surface area contributed by atoms with Crippen molar-refractivity contribution in [3.63, 3.8) is 0 Å². The van der Waals surface area contributed by atoms with E-state index in [0.29, 0.717) is 13.0 Å². The summed E-state index contributed by atoms with van der Waals surface area (Å²) >= 11 is 0. The zero-order chi connectivity index (χ0) is 18.1. The molecule has 7 heteroatoms. The molecule has 1 atom stereocenters. The Kier molecular flexibility index (Phi) is 4.20. The normalized spacial score (nSPS) is 17.1. The van der Waals surface area contributed by atoms with Crippen molar-refractivity contribution in [2.45, 2.75) is 25.8 Å². The predicted octanol–water partition coefficient (Wildman–Crippen LogP) is 2.52. The van der Waals surface area contributed by atoms with Gasteiger partial charge >= 0.3 is 0 Å². The van der Waals surface area contributed by atoms with Crippen LogP contribution in [0.2, 0.25) is 0 Å². The van der Waals surface area contributed by atoms with Gasteiger partial charge in [-0.25, -0.2) is 4.98 Å². The highest BCUT2D eigenvalue weighted by Gasteiger charge is 2.31. The van der Waals surface area contributed by atoms with Crippen LogP contribution in [0.25, 0.3) is 5.65 Å². The van der Waals surface area contributed by atoms with E-state index in [0.717, 1.165) is 35.0 Å². The Morgan fingerprint density at radius 2 is 2.08 bits per heavy atom. The number of amides is 1. The maximum absolute atomic E-state index is 12.5. The molecule has 0 aliphatic carbocycles. The smallest absolute Gasteiger partial charge is 0.229 e. The number of hydrogen-bond acceptors (Lipinski definition) is 5. The number of ether oxygens (including phenoxy) is 1. The van der Waals surface area contributed by atoms with Crippen molar-refractivity contribution in [1.82, 2.24) is 14.6 Å². The fraction of sp³-hybridized carbons (Fsp3) is 0.316. The largest absolute Gasteiger partial charge is 0.497 e. The highest BCUT2D eigenvalue weighted by atomic mass is 16.5. The second-order valence-corrected chi connectivity index (χ2v) is 6.34. The van der Waals surface area contributed by atoms with E-state index in [1.165, 1.54) is 0 Å². The van der Waals surface area contributed by atoms with Gasteiger partial charge in [0.2, 0.25) is 5.91 Å². The van der Waals surface area contributed by atoms with Crippen molar-refractivity contribution in [2.24, 2.45) is 0 Å². The van der Waals surface area contributed by atoms with Gasteiger partial charge < -0.3 is 15.0 Å². The summed E-state index contributed by atoms with van der Waals surface area (Å²) in [6.45, 7) is 2.68. The Balaban J connectivity index is 1.55. The third-order valence-electron chi connectivity index (χ3n) is 4.64. The van der Waals surface area contributed by atoms with Crippen LogP contribution in [0, 0.1) is 0 Å². The lowest BCUT2D eigenvalue weighted by molar-refractivity contribution is -0.117. The molecule has 1 fully saturated rings. The average Bonchev–Trinajstić information content (AvgIpc) is 3.28. The van der Waals surface area contributed by atoms with Crippen LogP contribution in [0.3, 0.4) is 0 Å². The minimum atomic E-state index is 0.0177. The fourth-order valence-electron chi connectivity index (χ4n) is 3.27. The number of methoxy groups -OCH3 is 1. The summed E-state index contributed by atoms with van der Waals surface area (Å²) in [4.78, 5) is 18.8. The van der Waals surface area contributed by atoms with E-state index in [9.17, 15) is 4.79 Å². The van der Waals surface area contributed by atoms with E-state index < -0.39 is 0 Å². The first kappa shape index (κ1) is 16.4. The molecule has 134 valence electrons. The molecule has 1 aliphatic rings. The van der Waals surface area contributed by atoms with Gasteiger partial charge in [0.1, 0.15) is 11.6 Å². The van der Waals surface area contributed by atoms with Gasteiger partial charge in [0, 0.05) is 36.5 Å². The predicted molar refractivity (Wildman–Crippen MR) is 99.7 cm³/mol. The van der Waals surface area contributed by atoms with Crippen molar-refractivity contribution >= 4 is 23.1 Å². The second kappa shape index (κ2) is 6.67. The van der Waals surface area contributed by atoms with Crippen molar-refractivity contribution in [3.05, 3.63) is 48.3 Å². The number of rotatable bonds is 5. The first-order valence-corrected chi connectivity index (χ1v) is 8.72. The molecular weight excluding hydrogens is 330 g/mol. The number of nitrogens with one attached hydrogen (secondary N) is 1. The maximum Gasteiger partial charge on any atom is 0.229 e. The number of fused-ring (bicyclic) bond motifs is 1. The molecular formula is C19H21N5O2. The summed E-state index contributed by atoms with van der Waals surface area (Å²) in [5, 5.41) is 7.80. The van der Waals surface area contributed by atoms with Gasteiger partial charge in [-0.1, -0.05) is 6.92 Å². The van der Waals surface area contributed by atoms with Gasteiger partial charge in [-0.15, -0.1) is 0 Å². The van der Waals surface area contributed by atoms with E-state index in [1.807, 2.05) is 36.4 Å². The van der Waals surface area contributed by atoms with Crippen molar-refractivity contribution in [3.8, 4) is 5.75 Å². The Hall–Kier alpha value is -3.09. The molecule has 0 bridgehead atoms. The molecule has 3 heterocycles. The summed E-state index contributed by atoms with van der Waals surface area (Å²) in [6, 6.07) is 11.5. The molecule has 1 unspecified atom stereocenters. The standard InChI is InChI=1S/C19H21N5O2/c1-3-13-10-18(24-17(21-13)8-9-20-24)22-14-11-19(25)23(12-14)15-4-6-16(26-2)7-5-15/h4-10,14,22H,3,11-12H2,1-2H3. The lowest BCUT2D eigenvalue weighted by atomic mass is 10.2. The highest BCUT2D eigenvalue weighted by molar-refractivity contribution is 5.96. The number of aryl methyl sites for hydroxylation is 1. The topological polar surface area (TPSA) is 71.8 Å². The molecule has 1 N–H and O–H groups in total. The van der Waals surface area contributed by atoms with E-state index in [4.69, 9.17) is 4.74 Å². The number of carbonyl (C=O) groups excluding carboxylic acids is 1. The minimum absolute atomic E-state index is 0.0177. The van der Waals surface area contributed by atoms with Crippen LogP contribution in [0.15, 0.2) is 42.6 Å². The lowest BCUT2D eigenvalue weighted by Crippen LogP contribution is -2.28. The fourth-order valence-corrected chi connectivity index (χ4v) is 3.27. The summed E-state index contributed by atoms with van der Waals surface area (Å²) < 4.78 is 6.96. The Labute approximate surface area is 151 Å². The van der Waals surface area contributed by atoms with Crippen LogP contribution < -0.4 is 15.0 Å². The third-order valence-corrected chi connectivity index (χ3v) is 4.64.